The number of alkyl halides is 1. The van der Waals surface area contributed by atoms with Crippen LogP contribution in [-0.4, -0.2) is 27.7 Å². The first-order valence-corrected chi connectivity index (χ1v) is 11.3. The molecule has 24 heavy (non-hydrogen) atoms. The number of hydrogen-bond acceptors (Lipinski definition) is 2. The smallest absolute Gasteiger partial charge is 0.303 e. The first-order chi connectivity index (χ1) is 11.7. The quantitative estimate of drug-likeness (QED) is 0.0932. The highest BCUT2D eigenvalue weighted by molar-refractivity contribution is 14.1. The van der Waals surface area contributed by atoms with Crippen LogP contribution < -0.4 is 0 Å². The Morgan fingerprint density at radius 3 is 2.00 bits per heavy atom. The fourth-order valence-electron chi connectivity index (χ4n) is 3.05. The van der Waals surface area contributed by atoms with Gasteiger partial charge in [0, 0.05) is 6.42 Å². The number of ether oxygens (including phenoxy) is 1. The number of hydrogen-bond donors (Lipinski definition) is 1. The lowest BCUT2D eigenvalue weighted by Gasteiger charge is -1.99. The first-order valence-electron chi connectivity index (χ1n) is 9.82. The normalized spacial score (nSPS) is 19.9. The number of carboxylic acid groups (broad SMARTS) is 1. The second kappa shape index (κ2) is 15.2. The number of allylic oxidation sites excluding steroid dienone is 2. The van der Waals surface area contributed by atoms with Crippen LogP contribution in [0, 0.1) is 0 Å². The highest BCUT2D eigenvalue weighted by Crippen LogP contribution is 2.31. The summed E-state index contributed by atoms with van der Waals surface area (Å²) in [4.78, 5) is 10.4. The van der Waals surface area contributed by atoms with E-state index in [1.165, 1.54) is 68.6 Å². The molecular formula is C20H35IO3. The average Bonchev–Trinajstić information content (AvgIpc) is 3.30. The molecule has 2 atom stereocenters. The molecule has 0 saturated carbocycles. The number of carboxylic acids is 1. The maximum atomic E-state index is 10.4. The zero-order valence-electron chi connectivity index (χ0n) is 15.1. The summed E-state index contributed by atoms with van der Waals surface area (Å²) in [7, 11) is 0. The van der Waals surface area contributed by atoms with E-state index in [9.17, 15) is 4.79 Å². The maximum absolute atomic E-state index is 10.4. The summed E-state index contributed by atoms with van der Waals surface area (Å²) in [5, 5.41) is 8.54. The lowest BCUT2D eigenvalue weighted by atomic mass is 10.0. The Balaban J connectivity index is 1.75. The van der Waals surface area contributed by atoms with Crippen LogP contribution in [0.1, 0.15) is 89.9 Å². The van der Waals surface area contributed by atoms with Crippen molar-refractivity contribution in [2.45, 2.75) is 102 Å². The Kier molecular flexibility index (Phi) is 13.9. The van der Waals surface area contributed by atoms with Crippen LogP contribution in [0.15, 0.2) is 12.2 Å². The van der Waals surface area contributed by atoms with Gasteiger partial charge in [0.2, 0.25) is 0 Å². The SMILES string of the molecule is O=C(O)CCCC=CCCCCCCCC1OC1CCCCCI. The van der Waals surface area contributed by atoms with Gasteiger partial charge >= 0.3 is 5.97 Å². The third-order valence-electron chi connectivity index (χ3n) is 4.60. The fraction of sp³-hybridized carbons (Fsp3) is 0.850. The van der Waals surface area contributed by atoms with Crippen molar-refractivity contribution in [1.82, 2.24) is 0 Å². The summed E-state index contributed by atoms with van der Waals surface area (Å²) in [5.74, 6) is -0.692. The van der Waals surface area contributed by atoms with E-state index in [1.54, 1.807) is 0 Å². The third-order valence-corrected chi connectivity index (χ3v) is 5.36. The maximum Gasteiger partial charge on any atom is 0.303 e. The lowest BCUT2D eigenvalue weighted by molar-refractivity contribution is -0.137. The second-order valence-corrected chi connectivity index (χ2v) is 7.93. The largest absolute Gasteiger partial charge is 0.481 e. The fourth-order valence-corrected chi connectivity index (χ4v) is 3.59. The predicted molar refractivity (Wildman–Crippen MR) is 109 cm³/mol. The molecule has 0 spiro atoms. The van der Waals surface area contributed by atoms with E-state index in [2.05, 4.69) is 34.7 Å². The van der Waals surface area contributed by atoms with Gasteiger partial charge in [0.1, 0.15) is 0 Å². The van der Waals surface area contributed by atoms with Crippen molar-refractivity contribution < 1.29 is 14.6 Å². The van der Waals surface area contributed by atoms with Crippen LogP contribution in [0.5, 0.6) is 0 Å². The molecule has 1 rings (SSSR count). The zero-order chi connectivity index (χ0) is 17.5. The predicted octanol–water partition coefficient (Wildman–Crippen LogP) is 6.29. The van der Waals surface area contributed by atoms with Crippen LogP contribution in [0.2, 0.25) is 0 Å². The molecule has 0 aromatic carbocycles. The number of rotatable bonds is 17. The van der Waals surface area contributed by atoms with Crippen molar-refractivity contribution in [3.8, 4) is 0 Å². The van der Waals surface area contributed by atoms with Crippen molar-refractivity contribution in [3.05, 3.63) is 12.2 Å². The van der Waals surface area contributed by atoms with Gasteiger partial charge in [-0.05, 0) is 49.4 Å². The Labute approximate surface area is 161 Å². The van der Waals surface area contributed by atoms with Gasteiger partial charge in [-0.3, -0.25) is 4.79 Å². The molecule has 3 nitrogen and oxygen atoms in total. The van der Waals surface area contributed by atoms with Crippen LogP contribution in [0.4, 0.5) is 0 Å². The van der Waals surface area contributed by atoms with Gasteiger partial charge in [-0.15, -0.1) is 0 Å². The van der Waals surface area contributed by atoms with Gasteiger partial charge in [-0.1, -0.05) is 73.3 Å². The van der Waals surface area contributed by atoms with E-state index in [0.29, 0.717) is 12.2 Å². The van der Waals surface area contributed by atoms with E-state index in [-0.39, 0.29) is 6.42 Å². The summed E-state index contributed by atoms with van der Waals surface area (Å²) in [5.41, 5.74) is 0. The Morgan fingerprint density at radius 1 is 0.833 bits per heavy atom. The van der Waals surface area contributed by atoms with Gasteiger partial charge in [0.05, 0.1) is 12.2 Å². The molecular weight excluding hydrogens is 415 g/mol. The molecule has 1 heterocycles. The van der Waals surface area contributed by atoms with Gasteiger partial charge in [0.25, 0.3) is 0 Å². The first kappa shape index (κ1) is 21.9. The van der Waals surface area contributed by atoms with Crippen molar-refractivity contribution in [3.63, 3.8) is 0 Å². The topological polar surface area (TPSA) is 49.8 Å². The van der Waals surface area contributed by atoms with E-state index in [0.717, 1.165) is 19.3 Å². The monoisotopic (exact) mass is 450 g/mol. The van der Waals surface area contributed by atoms with Gasteiger partial charge < -0.3 is 9.84 Å². The number of epoxide rings is 1. The molecule has 1 aliphatic rings. The Morgan fingerprint density at radius 2 is 1.38 bits per heavy atom. The summed E-state index contributed by atoms with van der Waals surface area (Å²) < 4.78 is 7.04. The van der Waals surface area contributed by atoms with Gasteiger partial charge in [-0.25, -0.2) is 0 Å². The second-order valence-electron chi connectivity index (χ2n) is 6.85. The molecule has 0 aliphatic carbocycles. The summed E-state index contributed by atoms with van der Waals surface area (Å²) >= 11 is 2.45. The minimum atomic E-state index is -0.692. The summed E-state index contributed by atoms with van der Waals surface area (Å²) in [6.07, 6.45) is 21.8. The molecule has 0 aromatic heterocycles. The third kappa shape index (κ3) is 13.2. The summed E-state index contributed by atoms with van der Waals surface area (Å²) in [6.45, 7) is 0. The zero-order valence-corrected chi connectivity index (χ0v) is 17.2. The molecule has 1 N–H and O–H groups in total. The number of carbonyl (C=O) groups is 1. The van der Waals surface area contributed by atoms with Crippen LogP contribution in [0.25, 0.3) is 0 Å². The Bertz CT molecular complexity index is 344. The average molecular weight is 450 g/mol. The molecule has 1 fully saturated rings. The molecule has 2 unspecified atom stereocenters. The van der Waals surface area contributed by atoms with Gasteiger partial charge in [0.15, 0.2) is 0 Å². The molecule has 0 radical (unpaired) electrons. The standard InChI is InChI=1S/C20H35IO3/c21-17-13-9-11-15-19-18(24-19)14-10-7-5-3-1-2-4-6-8-12-16-20(22)23/h4,6,18-19H,1-3,5,7-17H2,(H,22,23). The van der Waals surface area contributed by atoms with Crippen molar-refractivity contribution in [2.75, 3.05) is 4.43 Å². The van der Waals surface area contributed by atoms with Crippen molar-refractivity contribution >= 4 is 28.6 Å². The summed E-state index contributed by atoms with van der Waals surface area (Å²) in [6, 6.07) is 0. The molecule has 1 saturated heterocycles. The molecule has 0 bridgehead atoms. The Hall–Kier alpha value is -0.100. The highest BCUT2D eigenvalue weighted by atomic mass is 127. The highest BCUT2D eigenvalue weighted by Gasteiger charge is 2.36. The molecule has 140 valence electrons. The van der Waals surface area contributed by atoms with E-state index < -0.39 is 5.97 Å². The molecule has 0 aromatic rings. The molecule has 0 amide bonds. The number of halogens is 1. The van der Waals surface area contributed by atoms with Crippen molar-refractivity contribution in [2.24, 2.45) is 0 Å². The minimum Gasteiger partial charge on any atom is -0.481 e. The van der Waals surface area contributed by atoms with Crippen LogP contribution >= 0.6 is 22.6 Å². The van der Waals surface area contributed by atoms with Crippen LogP contribution in [-0.2, 0) is 9.53 Å². The molecule has 4 heteroatoms. The van der Waals surface area contributed by atoms with Crippen molar-refractivity contribution in [1.29, 1.82) is 0 Å². The van der Waals surface area contributed by atoms with Gasteiger partial charge in [-0.2, -0.15) is 0 Å². The molecule has 1 aliphatic heterocycles. The number of aliphatic carboxylic acids is 1. The van der Waals surface area contributed by atoms with E-state index in [4.69, 9.17) is 9.84 Å². The number of unbranched alkanes of at least 4 members (excludes halogenated alkanes) is 8. The minimum absolute atomic E-state index is 0.286. The van der Waals surface area contributed by atoms with E-state index in [1.807, 2.05) is 0 Å². The van der Waals surface area contributed by atoms with Crippen LogP contribution in [0.3, 0.4) is 0 Å². The lowest BCUT2D eigenvalue weighted by Crippen LogP contribution is -1.94. The van der Waals surface area contributed by atoms with E-state index >= 15 is 0 Å².